The Kier molecular flexibility index (Phi) is 4.36. The molecule has 1 nitrogen and oxygen atoms in total. The van der Waals surface area contributed by atoms with Gasteiger partial charge in [-0.3, -0.25) is 0 Å². The topological polar surface area (TPSA) is 12.0 Å². The highest BCUT2D eigenvalue weighted by molar-refractivity contribution is 9.10. The van der Waals surface area contributed by atoms with Crippen LogP contribution in [0.15, 0.2) is 28.7 Å². The molecule has 1 aromatic rings. The average molecular weight is 286 g/mol. The number of hydrogen-bond donors (Lipinski definition) is 1. The van der Waals surface area contributed by atoms with Crippen LogP contribution in [0.3, 0.4) is 0 Å². The maximum atomic E-state index is 14.1. The molecular weight excluding hydrogens is 269 g/mol. The molecule has 0 amide bonds. The number of rotatable bonds is 3. The van der Waals surface area contributed by atoms with Crippen LogP contribution in [0.4, 0.5) is 4.39 Å². The van der Waals surface area contributed by atoms with Crippen molar-refractivity contribution in [2.45, 2.75) is 25.4 Å². The smallest absolute Gasteiger partial charge is 0.107 e. The molecule has 88 valence electrons. The largest absolute Gasteiger partial charge is 0.317 e. The number of alkyl halides is 1. The van der Waals surface area contributed by atoms with Crippen molar-refractivity contribution >= 4 is 15.9 Å². The van der Waals surface area contributed by atoms with E-state index < -0.39 is 6.17 Å². The predicted molar refractivity (Wildman–Crippen MR) is 68.3 cm³/mol. The van der Waals surface area contributed by atoms with Crippen LogP contribution >= 0.6 is 15.9 Å². The summed E-state index contributed by atoms with van der Waals surface area (Å²) in [5, 5.41) is 3.27. The molecule has 0 spiro atoms. The van der Waals surface area contributed by atoms with Gasteiger partial charge < -0.3 is 5.32 Å². The van der Waals surface area contributed by atoms with Gasteiger partial charge in [0.05, 0.1) is 0 Å². The summed E-state index contributed by atoms with van der Waals surface area (Å²) >= 11 is 3.42. The summed E-state index contributed by atoms with van der Waals surface area (Å²) in [5.41, 5.74) is 1.08. The molecule has 1 aromatic carbocycles. The number of halogens is 2. The van der Waals surface area contributed by atoms with Crippen molar-refractivity contribution in [1.82, 2.24) is 5.32 Å². The van der Waals surface area contributed by atoms with Crippen LogP contribution in [0.1, 0.15) is 18.4 Å². The fraction of sp³-hybridized carbons (Fsp3) is 0.538. The first-order valence-electron chi connectivity index (χ1n) is 5.85. The summed E-state index contributed by atoms with van der Waals surface area (Å²) in [7, 11) is 0. The molecule has 3 heteroatoms. The quantitative estimate of drug-likeness (QED) is 0.898. The lowest BCUT2D eigenvalue weighted by atomic mass is 9.90. The Morgan fingerprint density at radius 1 is 1.38 bits per heavy atom. The van der Waals surface area contributed by atoms with E-state index in [-0.39, 0.29) is 5.92 Å². The first kappa shape index (κ1) is 12.1. The third kappa shape index (κ3) is 3.29. The molecule has 1 fully saturated rings. The third-order valence-corrected chi connectivity index (χ3v) is 3.71. The molecule has 1 heterocycles. The Balaban J connectivity index is 1.93. The normalized spacial score (nSPS) is 19.6. The molecule has 0 aliphatic carbocycles. The van der Waals surface area contributed by atoms with Crippen LogP contribution in [0.5, 0.6) is 0 Å². The maximum absolute atomic E-state index is 14.1. The summed E-state index contributed by atoms with van der Waals surface area (Å²) in [6.45, 7) is 1.92. The Hall–Kier alpha value is -0.410. The number of hydrogen-bond acceptors (Lipinski definition) is 1. The molecule has 1 saturated heterocycles. The average Bonchev–Trinajstić information content (AvgIpc) is 2.30. The maximum Gasteiger partial charge on any atom is 0.107 e. The summed E-state index contributed by atoms with van der Waals surface area (Å²) in [5.74, 6) is 0.236. The number of nitrogens with one attached hydrogen (secondary N) is 1. The Morgan fingerprint density at radius 2 is 2.12 bits per heavy atom. The van der Waals surface area contributed by atoms with E-state index in [0.29, 0.717) is 6.42 Å². The van der Waals surface area contributed by atoms with E-state index in [1.807, 2.05) is 24.3 Å². The van der Waals surface area contributed by atoms with Gasteiger partial charge in [-0.15, -0.1) is 0 Å². The fourth-order valence-corrected chi connectivity index (χ4v) is 2.71. The molecule has 1 unspecified atom stereocenters. The third-order valence-electron chi connectivity index (χ3n) is 3.22. The Morgan fingerprint density at radius 3 is 2.81 bits per heavy atom. The predicted octanol–water partition coefficient (Wildman–Crippen LogP) is 3.33. The second-order valence-corrected chi connectivity index (χ2v) is 5.35. The van der Waals surface area contributed by atoms with Crippen molar-refractivity contribution in [3.8, 4) is 0 Å². The van der Waals surface area contributed by atoms with E-state index in [9.17, 15) is 4.39 Å². The summed E-state index contributed by atoms with van der Waals surface area (Å²) < 4.78 is 15.1. The fourth-order valence-electron chi connectivity index (χ4n) is 2.26. The van der Waals surface area contributed by atoms with Gasteiger partial charge in [0.1, 0.15) is 6.17 Å². The first-order chi connectivity index (χ1) is 7.75. The number of piperidine rings is 1. The van der Waals surface area contributed by atoms with Crippen LogP contribution in [-0.2, 0) is 6.42 Å². The summed E-state index contributed by atoms with van der Waals surface area (Å²) in [4.78, 5) is 0. The van der Waals surface area contributed by atoms with Crippen molar-refractivity contribution in [3.63, 3.8) is 0 Å². The van der Waals surface area contributed by atoms with Crippen LogP contribution in [0.25, 0.3) is 0 Å². The SMILES string of the molecule is FC(Cc1cccc(Br)c1)C1CCNCC1. The van der Waals surface area contributed by atoms with Crippen molar-refractivity contribution in [3.05, 3.63) is 34.3 Å². The molecule has 1 N–H and O–H groups in total. The minimum absolute atomic E-state index is 0.236. The molecule has 0 radical (unpaired) electrons. The van der Waals surface area contributed by atoms with Gasteiger partial charge in [-0.25, -0.2) is 4.39 Å². The second-order valence-electron chi connectivity index (χ2n) is 4.44. The van der Waals surface area contributed by atoms with Crippen LogP contribution in [0, 0.1) is 5.92 Å². The second kappa shape index (κ2) is 5.78. The van der Waals surface area contributed by atoms with Crippen LogP contribution < -0.4 is 5.32 Å². The van der Waals surface area contributed by atoms with Gasteiger partial charge in [0.2, 0.25) is 0 Å². The lowest BCUT2D eigenvalue weighted by Crippen LogP contribution is -2.33. The van der Waals surface area contributed by atoms with Gasteiger partial charge >= 0.3 is 0 Å². The van der Waals surface area contributed by atoms with E-state index >= 15 is 0 Å². The zero-order valence-corrected chi connectivity index (χ0v) is 10.8. The van der Waals surface area contributed by atoms with Crippen molar-refractivity contribution in [2.24, 2.45) is 5.92 Å². The molecular formula is C13H17BrFN. The zero-order valence-electron chi connectivity index (χ0n) is 9.26. The Labute approximate surface area is 105 Å². The van der Waals surface area contributed by atoms with E-state index in [1.54, 1.807) is 0 Å². The van der Waals surface area contributed by atoms with E-state index in [4.69, 9.17) is 0 Å². The van der Waals surface area contributed by atoms with Gasteiger partial charge in [-0.2, -0.15) is 0 Å². The van der Waals surface area contributed by atoms with Gasteiger partial charge in [0.15, 0.2) is 0 Å². The summed E-state index contributed by atoms with van der Waals surface area (Å²) in [6.07, 6.45) is 1.78. The van der Waals surface area contributed by atoms with Gasteiger partial charge in [0, 0.05) is 10.9 Å². The minimum Gasteiger partial charge on any atom is -0.317 e. The van der Waals surface area contributed by atoms with Gasteiger partial charge in [-0.1, -0.05) is 28.1 Å². The molecule has 2 rings (SSSR count). The minimum atomic E-state index is -0.698. The summed E-state index contributed by atoms with van der Waals surface area (Å²) in [6, 6.07) is 7.95. The zero-order chi connectivity index (χ0) is 11.4. The highest BCUT2D eigenvalue weighted by Crippen LogP contribution is 2.23. The van der Waals surface area contributed by atoms with Crippen molar-refractivity contribution in [1.29, 1.82) is 0 Å². The monoisotopic (exact) mass is 285 g/mol. The van der Waals surface area contributed by atoms with Crippen molar-refractivity contribution < 1.29 is 4.39 Å². The molecule has 0 bridgehead atoms. The highest BCUT2D eigenvalue weighted by atomic mass is 79.9. The van der Waals surface area contributed by atoms with E-state index in [2.05, 4.69) is 21.2 Å². The van der Waals surface area contributed by atoms with E-state index in [1.165, 1.54) is 0 Å². The highest BCUT2D eigenvalue weighted by Gasteiger charge is 2.23. The molecule has 0 saturated carbocycles. The van der Waals surface area contributed by atoms with Gasteiger partial charge in [-0.05, 0) is 49.5 Å². The molecule has 1 aliphatic rings. The van der Waals surface area contributed by atoms with Crippen LogP contribution in [-0.4, -0.2) is 19.3 Å². The first-order valence-corrected chi connectivity index (χ1v) is 6.64. The molecule has 1 aliphatic heterocycles. The number of benzene rings is 1. The Bertz CT molecular complexity index is 336. The van der Waals surface area contributed by atoms with Gasteiger partial charge in [0.25, 0.3) is 0 Å². The van der Waals surface area contributed by atoms with Crippen LogP contribution in [0.2, 0.25) is 0 Å². The molecule has 0 aromatic heterocycles. The van der Waals surface area contributed by atoms with Crippen molar-refractivity contribution in [2.75, 3.05) is 13.1 Å². The molecule has 1 atom stereocenters. The molecule has 16 heavy (non-hydrogen) atoms. The lowest BCUT2D eigenvalue weighted by Gasteiger charge is -2.25. The lowest BCUT2D eigenvalue weighted by molar-refractivity contribution is 0.187. The van der Waals surface area contributed by atoms with E-state index in [0.717, 1.165) is 36.0 Å². The standard InChI is InChI=1S/C13H17BrFN/c14-12-3-1-2-10(8-12)9-13(15)11-4-6-16-7-5-11/h1-3,8,11,13,16H,4-7,9H2.